The first kappa shape index (κ1) is 11.7. The molecule has 1 fully saturated rings. The molecule has 0 bridgehead atoms. The normalized spacial score (nSPS) is 15.1. The quantitative estimate of drug-likeness (QED) is 0.790. The predicted octanol–water partition coefficient (Wildman–Crippen LogP) is 2.44. The smallest absolute Gasteiger partial charge is 0.229 e. The van der Waals surface area contributed by atoms with Crippen LogP contribution in [0.15, 0.2) is 35.0 Å². The molecule has 1 aliphatic rings. The van der Waals surface area contributed by atoms with Gasteiger partial charge in [0.2, 0.25) is 5.89 Å². The maximum atomic E-state index is 9.36. The van der Waals surface area contributed by atoms with E-state index in [4.69, 9.17) is 4.52 Å². The van der Waals surface area contributed by atoms with E-state index in [-0.39, 0.29) is 6.61 Å². The van der Waals surface area contributed by atoms with Crippen LogP contribution in [0.4, 0.5) is 0 Å². The summed E-state index contributed by atoms with van der Waals surface area (Å²) in [5.41, 5.74) is 2.02. The van der Waals surface area contributed by atoms with Gasteiger partial charge in [-0.1, -0.05) is 17.3 Å². The highest BCUT2D eigenvalue weighted by molar-refractivity contribution is 5.83. The molecular weight excluding hydrogens is 254 g/mol. The lowest BCUT2D eigenvalue weighted by atomic mass is 10.1. The Bertz CT molecular complexity index is 755. The molecule has 0 saturated heterocycles. The summed E-state index contributed by atoms with van der Waals surface area (Å²) in [6, 6.07) is 7.95. The molecule has 5 heteroatoms. The van der Waals surface area contributed by atoms with E-state index in [0.29, 0.717) is 18.3 Å². The highest BCUT2D eigenvalue weighted by Gasteiger charge is 2.29. The van der Waals surface area contributed by atoms with Crippen molar-refractivity contribution in [1.82, 2.24) is 14.7 Å². The molecule has 0 atom stereocenters. The summed E-state index contributed by atoms with van der Waals surface area (Å²) >= 11 is 0. The van der Waals surface area contributed by atoms with Gasteiger partial charge in [-0.3, -0.25) is 0 Å². The summed E-state index contributed by atoms with van der Waals surface area (Å²) in [4.78, 5) is 4.45. The van der Waals surface area contributed by atoms with E-state index in [0.717, 1.165) is 35.2 Å². The molecule has 0 unspecified atom stereocenters. The average Bonchev–Trinajstić information content (AvgIpc) is 3.09. The Morgan fingerprint density at radius 2 is 2.20 bits per heavy atom. The van der Waals surface area contributed by atoms with Gasteiger partial charge in [0, 0.05) is 23.0 Å². The minimum atomic E-state index is 0.0510. The zero-order valence-corrected chi connectivity index (χ0v) is 11.0. The van der Waals surface area contributed by atoms with Crippen molar-refractivity contribution in [3.8, 4) is 0 Å². The molecule has 20 heavy (non-hydrogen) atoms. The first-order valence-corrected chi connectivity index (χ1v) is 6.85. The van der Waals surface area contributed by atoms with Crippen molar-refractivity contribution in [3.05, 3.63) is 47.7 Å². The van der Waals surface area contributed by atoms with Crippen LogP contribution in [-0.4, -0.2) is 19.8 Å². The molecule has 0 spiro atoms. The minimum Gasteiger partial charge on any atom is -0.392 e. The maximum Gasteiger partial charge on any atom is 0.229 e. The van der Waals surface area contributed by atoms with Crippen LogP contribution in [0.25, 0.3) is 10.9 Å². The predicted molar refractivity (Wildman–Crippen MR) is 73.2 cm³/mol. The van der Waals surface area contributed by atoms with Crippen LogP contribution in [0.3, 0.4) is 0 Å². The van der Waals surface area contributed by atoms with Crippen molar-refractivity contribution < 1.29 is 9.63 Å². The Morgan fingerprint density at radius 1 is 1.30 bits per heavy atom. The number of benzene rings is 1. The second-order valence-electron chi connectivity index (χ2n) is 5.27. The van der Waals surface area contributed by atoms with E-state index < -0.39 is 0 Å². The molecule has 1 saturated carbocycles. The Labute approximate surface area is 115 Å². The van der Waals surface area contributed by atoms with E-state index in [1.807, 2.05) is 30.5 Å². The number of fused-ring (bicyclic) bond motifs is 1. The SMILES string of the molecule is OCc1cccc2c1ccn2Cc1noc(C2CC2)n1. The monoisotopic (exact) mass is 269 g/mol. The fourth-order valence-corrected chi connectivity index (χ4v) is 2.54. The lowest BCUT2D eigenvalue weighted by Gasteiger charge is -2.03. The van der Waals surface area contributed by atoms with Gasteiger partial charge in [0.25, 0.3) is 0 Å². The molecule has 2 heterocycles. The molecular formula is C15H15N3O2. The minimum absolute atomic E-state index is 0.0510. The first-order chi connectivity index (χ1) is 9.85. The van der Waals surface area contributed by atoms with Crippen molar-refractivity contribution in [1.29, 1.82) is 0 Å². The van der Waals surface area contributed by atoms with Crippen LogP contribution in [0, 0.1) is 0 Å². The van der Waals surface area contributed by atoms with Crippen molar-refractivity contribution in [2.75, 3.05) is 0 Å². The second-order valence-corrected chi connectivity index (χ2v) is 5.27. The zero-order valence-electron chi connectivity index (χ0n) is 11.0. The molecule has 3 aromatic rings. The number of hydrogen-bond acceptors (Lipinski definition) is 4. The molecule has 0 aliphatic heterocycles. The van der Waals surface area contributed by atoms with E-state index in [9.17, 15) is 5.11 Å². The summed E-state index contributed by atoms with van der Waals surface area (Å²) in [5.74, 6) is 1.96. The fraction of sp³-hybridized carbons (Fsp3) is 0.333. The van der Waals surface area contributed by atoms with Crippen LogP contribution in [0.2, 0.25) is 0 Å². The van der Waals surface area contributed by atoms with E-state index in [2.05, 4.69) is 14.7 Å². The number of nitrogens with zero attached hydrogens (tertiary/aromatic N) is 3. The summed E-state index contributed by atoms with van der Waals surface area (Å²) < 4.78 is 7.36. The molecule has 2 aromatic heterocycles. The lowest BCUT2D eigenvalue weighted by molar-refractivity contribution is 0.283. The molecule has 1 N–H and O–H groups in total. The van der Waals surface area contributed by atoms with Crippen molar-refractivity contribution in [3.63, 3.8) is 0 Å². The summed E-state index contributed by atoms with van der Waals surface area (Å²) in [7, 11) is 0. The fourth-order valence-electron chi connectivity index (χ4n) is 2.54. The lowest BCUT2D eigenvalue weighted by Crippen LogP contribution is -2.00. The molecule has 0 radical (unpaired) electrons. The van der Waals surface area contributed by atoms with Gasteiger partial charge >= 0.3 is 0 Å². The van der Waals surface area contributed by atoms with Crippen LogP contribution < -0.4 is 0 Å². The van der Waals surface area contributed by atoms with E-state index in [1.165, 1.54) is 0 Å². The van der Waals surface area contributed by atoms with Gasteiger partial charge in [-0.05, 0) is 30.5 Å². The highest BCUT2D eigenvalue weighted by Crippen LogP contribution is 2.38. The van der Waals surface area contributed by atoms with Gasteiger partial charge in [-0.25, -0.2) is 0 Å². The maximum absolute atomic E-state index is 9.36. The van der Waals surface area contributed by atoms with Crippen LogP contribution >= 0.6 is 0 Å². The largest absolute Gasteiger partial charge is 0.392 e. The van der Waals surface area contributed by atoms with Gasteiger partial charge in [0.05, 0.1) is 13.2 Å². The number of aliphatic hydroxyl groups is 1. The van der Waals surface area contributed by atoms with Crippen molar-refractivity contribution in [2.24, 2.45) is 0 Å². The first-order valence-electron chi connectivity index (χ1n) is 6.85. The summed E-state index contributed by atoms with van der Waals surface area (Å²) in [6.07, 6.45) is 4.32. The number of aliphatic hydroxyl groups excluding tert-OH is 1. The molecule has 1 aliphatic carbocycles. The third kappa shape index (κ3) is 1.91. The van der Waals surface area contributed by atoms with Gasteiger partial charge in [0.15, 0.2) is 5.82 Å². The van der Waals surface area contributed by atoms with Crippen molar-refractivity contribution >= 4 is 10.9 Å². The van der Waals surface area contributed by atoms with E-state index in [1.54, 1.807) is 0 Å². The van der Waals surface area contributed by atoms with Gasteiger partial charge in [-0.2, -0.15) is 4.98 Å². The Kier molecular flexibility index (Phi) is 2.60. The molecule has 4 rings (SSSR count). The van der Waals surface area contributed by atoms with Crippen molar-refractivity contribution in [2.45, 2.75) is 31.9 Å². The second kappa shape index (κ2) is 4.45. The number of rotatable bonds is 4. The van der Waals surface area contributed by atoms with E-state index >= 15 is 0 Å². The number of hydrogen-bond donors (Lipinski definition) is 1. The standard InChI is InChI=1S/C15H15N3O2/c19-9-11-2-1-3-13-12(11)6-7-18(13)8-14-16-15(20-17-14)10-4-5-10/h1-3,6-7,10,19H,4-5,8-9H2. The Hall–Kier alpha value is -2.14. The van der Waals surface area contributed by atoms with Gasteiger partial charge in [-0.15, -0.1) is 0 Å². The van der Waals surface area contributed by atoms with Crippen LogP contribution in [0.5, 0.6) is 0 Å². The third-order valence-corrected chi connectivity index (χ3v) is 3.80. The average molecular weight is 269 g/mol. The van der Waals surface area contributed by atoms with Crippen LogP contribution in [0.1, 0.15) is 36.0 Å². The zero-order chi connectivity index (χ0) is 13.5. The molecule has 0 amide bonds. The van der Waals surface area contributed by atoms with Crippen LogP contribution in [-0.2, 0) is 13.2 Å². The Morgan fingerprint density at radius 3 is 3.00 bits per heavy atom. The molecule has 1 aromatic carbocycles. The molecule has 5 nitrogen and oxygen atoms in total. The summed E-state index contributed by atoms with van der Waals surface area (Å²) in [6.45, 7) is 0.643. The molecule has 102 valence electrons. The van der Waals surface area contributed by atoms with Gasteiger partial charge < -0.3 is 14.2 Å². The summed E-state index contributed by atoms with van der Waals surface area (Å²) in [5, 5.41) is 14.5. The third-order valence-electron chi connectivity index (χ3n) is 3.80. The number of aromatic nitrogens is 3. The Balaban J connectivity index is 1.67. The topological polar surface area (TPSA) is 64.1 Å². The highest BCUT2D eigenvalue weighted by atomic mass is 16.5. The van der Waals surface area contributed by atoms with Gasteiger partial charge in [0.1, 0.15) is 0 Å².